The van der Waals surface area contributed by atoms with Gasteiger partial charge in [0.2, 0.25) is 0 Å². The van der Waals surface area contributed by atoms with E-state index in [9.17, 15) is 9.59 Å². The van der Waals surface area contributed by atoms with E-state index in [1.807, 2.05) is 11.8 Å². The van der Waals surface area contributed by atoms with Crippen LogP contribution < -0.4 is 10.6 Å². The zero-order chi connectivity index (χ0) is 17.6. The lowest BCUT2D eigenvalue weighted by molar-refractivity contribution is 0.102. The molecule has 0 aromatic heterocycles. The number of allylic oxidation sites excluding steroid dienone is 1. The van der Waals surface area contributed by atoms with Crippen molar-refractivity contribution in [1.82, 2.24) is 20.4 Å². The van der Waals surface area contributed by atoms with Crippen LogP contribution in [0.1, 0.15) is 45.4 Å². The van der Waals surface area contributed by atoms with Gasteiger partial charge in [0.05, 0.1) is 0 Å². The first-order valence-corrected chi connectivity index (χ1v) is 9.87. The van der Waals surface area contributed by atoms with Gasteiger partial charge in [0.1, 0.15) is 0 Å². The summed E-state index contributed by atoms with van der Waals surface area (Å²) in [5.41, 5.74) is 1.31. The molecule has 3 fully saturated rings. The van der Waals surface area contributed by atoms with Crippen LogP contribution in [0, 0.1) is 11.8 Å². The van der Waals surface area contributed by atoms with E-state index >= 15 is 0 Å². The number of carbonyl (C=O) groups excluding carboxylic acids is 2. The van der Waals surface area contributed by atoms with E-state index < -0.39 is 0 Å². The maximum absolute atomic E-state index is 12.3. The summed E-state index contributed by atoms with van der Waals surface area (Å²) in [6.45, 7) is 6.53. The van der Waals surface area contributed by atoms with Crippen molar-refractivity contribution in [2.45, 2.75) is 45.4 Å². The van der Waals surface area contributed by atoms with Crippen molar-refractivity contribution >= 4 is 12.1 Å². The molecule has 1 aliphatic carbocycles. The summed E-state index contributed by atoms with van der Waals surface area (Å²) in [7, 11) is 0. The highest BCUT2D eigenvalue weighted by Crippen LogP contribution is 2.35. The number of piperidine rings is 1. The predicted octanol–water partition coefficient (Wildman–Crippen LogP) is 2.57. The summed E-state index contributed by atoms with van der Waals surface area (Å²) < 4.78 is 0. The summed E-state index contributed by atoms with van der Waals surface area (Å²) in [6, 6.07) is 0.0621. The number of amides is 4. The molecule has 25 heavy (non-hydrogen) atoms. The summed E-state index contributed by atoms with van der Waals surface area (Å²) in [5.74, 6) is 1.56. The van der Waals surface area contributed by atoms with Crippen LogP contribution in [0.25, 0.3) is 0 Å². The molecule has 3 rings (SSSR count). The molecule has 0 bridgehead atoms. The molecular weight excluding hydrogens is 316 g/mol. The van der Waals surface area contributed by atoms with Crippen LogP contribution in [0.3, 0.4) is 0 Å². The Morgan fingerprint density at radius 2 is 1.64 bits per heavy atom. The second-order valence-corrected chi connectivity index (χ2v) is 7.66. The highest BCUT2D eigenvalue weighted by atomic mass is 16.2. The van der Waals surface area contributed by atoms with E-state index in [4.69, 9.17) is 0 Å². The number of hydrogen-bond acceptors (Lipinski definition) is 2. The molecule has 3 aliphatic rings. The van der Waals surface area contributed by atoms with E-state index in [1.165, 1.54) is 31.3 Å². The molecule has 2 N–H and O–H groups in total. The fraction of sp³-hybridized carbons (Fsp3) is 0.789. The van der Waals surface area contributed by atoms with Gasteiger partial charge in [-0.05, 0) is 43.6 Å². The Hall–Kier alpha value is -1.72. The van der Waals surface area contributed by atoms with Crippen molar-refractivity contribution in [2.24, 2.45) is 11.8 Å². The van der Waals surface area contributed by atoms with E-state index in [-0.39, 0.29) is 12.1 Å². The van der Waals surface area contributed by atoms with E-state index in [2.05, 4.69) is 16.7 Å². The van der Waals surface area contributed by atoms with E-state index in [0.717, 1.165) is 44.9 Å². The molecular formula is C19H32N4O2. The SMILES string of the molecule is CC=C1CN(C(=O)NCCCNC(=O)N2CCC3CCCCC3C2)C1. The summed E-state index contributed by atoms with van der Waals surface area (Å²) in [5, 5.41) is 5.92. The minimum atomic E-state index is -0.00343. The van der Waals surface area contributed by atoms with Crippen molar-refractivity contribution in [2.75, 3.05) is 39.3 Å². The molecule has 0 aromatic carbocycles. The molecule has 0 spiro atoms. The van der Waals surface area contributed by atoms with Gasteiger partial charge in [0.25, 0.3) is 0 Å². The molecule has 6 heteroatoms. The molecule has 2 saturated heterocycles. The quantitative estimate of drug-likeness (QED) is 0.606. The van der Waals surface area contributed by atoms with E-state index in [1.54, 1.807) is 4.90 Å². The smallest absolute Gasteiger partial charge is 0.317 e. The van der Waals surface area contributed by atoms with Gasteiger partial charge in [-0.3, -0.25) is 0 Å². The first-order valence-electron chi connectivity index (χ1n) is 9.87. The first kappa shape index (κ1) is 18.1. The second-order valence-electron chi connectivity index (χ2n) is 7.66. The maximum Gasteiger partial charge on any atom is 0.317 e. The fourth-order valence-corrected chi connectivity index (χ4v) is 4.26. The van der Waals surface area contributed by atoms with Gasteiger partial charge >= 0.3 is 12.1 Å². The van der Waals surface area contributed by atoms with Crippen molar-refractivity contribution in [3.05, 3.63) is 11.6 Å². The van der Waals surface area contributed by atoms with Gasteiger partial charge in [-0.1, -0.05) is 25.3 Å². The minimum absolute atomic E-state index is 0.00343. The lowest BCUT2D eigenvalue weighted by atomic mass is 9.75. The number of nitrogens with one attached hydrogen (secondary N) is 2. The third-order valence-corrected chi connectivity index (χ3v) is 5.97. The molecule has 140 valence electrons. The van der Waals surface area contributed by atoms with Crippen LogP contribution in [-0.4, -0.2) is 61.1 Å². The van der Waals surface area contributed by atoms with Crippen molar-refractivity contribution in [3.63, 3.8) is 0 Å². The molecule has 1 saturated carbocycles. The number of urea groups is 2. The van der Waals surface area contributed by atoms with Gasteiger partial charge in [-0.25, -0.2) is 9.59 Å². The molecule has 0 aromatic rings. The summed E-state index contributed by atoms with van der Waals surface area (Å²) in [6.07, 6.45) is 9.32. The number of hydrogen-bond donors (Lipinski definition) is 2. The van der Waals surface area contributed by atoms with Crippen LogP contribution in [0.4, 0.5) is 9.59 Å². The molecule has 4 amide bonds. The molecule has 2 atom stereocenters. The van der Waals surface area contributed by atoms with Gasteiger partial charge in [-0.15, -0.1) is 0 Å². The van der Waals surface area contributed by atoms with Gasteiger partial charge < -0.3 is 20.4 Å². The highest BCUT2D eigenvalue weighted by Gasteiger charge is 2.32. The predicted molar refractivity (Wildman–Crippen MR) is 98.4 cm³/mol. The number of likely N-dealkylation sites (tertiary alicyclic amines) is 2. The number of carbonyl (C=O) groups is 2. The molecule has 6 nitrogen and oxygen atoms in total. The van der Waals surface area contributed by atoms with Crippen molar-refractivity contribution in [3.8, 4) is 0 Å². The normalized spacial score (nSPS) is 25.7. The lowest BCUT2D eigenvalue weighted by Gasteiger charge is -2.41. The first-order chi connectivity index (χ1) is 12.2. The topological polar surface area (TPSA) is 64.7 Å². The Labute approximate surface area is 151 Å². The fourth-order valence-electron chi connectivity index (χ4n) is 4.26. The Morgan fingerprint density at radius 3 is 2.32 bits per heavy atom. The van der Waals surface area contributed by atoms with E-state index in [0.29, 0.717) is 19.0 Å². The Morgan fingerprint density at radius 1 is 1.00 bits per heavy atom. The zero-order valence-corrected chi connectivity index (χ0v) is 15.4. The van der Waals surface area contributed by atoms with Crippen LogP contribution in [0.15, 0.2) is 11.6 Å². The van der Waals surface area contributed by atoms with Gasteiger partial charge in [0.15, 0.2) is 0 Å². The summed E-state index contributed by atoms with van der Waals surface area (Å²) in [4.78, 5) is 28.0. The van der Waals surface area contributed by atoms with Gasteiger partial charge in [0, 0.05) is 39.3 Å². The molecule has 0 radical (unpaired) electrons. The Balaban J connectivity index is 1.26. The highest BCUT2D eigenvalue weighted by molar-refractivity contribution is 5.76. The molecule has 2 heterocycles. The maximum atomic E-state index is 12.3. The zero-order valence-electron chi connectivity index (χ0n) is 15.4. The van der Waals surface area contributed by atoms with Gasteiger partial charge in [-0.2, -0.15) is 0 Å². The average molecular weight is 348 g/mol. The van der Waals surface area contributed by atoms with Crippen LogP contribution in [0.5, 0.6) is 0 Å². The van der Waals surface area contributed by atoms with Crippen LogP contribution in [-0.2, 0) is 0 Å². The average Bonchev–Trinajstić information content (AvgIpc) is 2.60. The molecule has 2 unspecified atom stereocenters. The van der Waals surface area contributed by atoms with Crippen molar-refractivity contribution < 1.29 is 9.59 Å². The van der Waals surface area contributed by atoms with Crippen molar-refractivity contribution in [1.29, 1.82) is 0 Å². The minimum Gasteiger partial charge on any atom is -0.338 e. The number of nitrogens with zero attached hydrogens (tertiary/aromatic N) is 2. The second kappa shape index (κ2) is 8.59. The van der Waals surface area contributed by atoms with Crippen LogP contribution >= 0.6 is 0 Å². The summed E-state index contributed by atoms with van der Waals surface area (Å²) >= 11 is 0. The number of rotatable bonds is 4. The molecule has 2 aliphatic heterocycles. The Bertz CT molecular complexity index is 512. The Kier molecular flexibility index (Phi) is 6.21. The third-order valence-electron chi connectivity index (χ3n) is 5.97. The standard InChI is InChI=1S/C19H32N4O2/c1-2-15-12-23(13-15)19(25)21-10-5-9-20-18(24)22-11-8-16-6-3-4-7-17(16)14-22/h2,16-17H,3-14H2,1H3,(H,20,24)(H,21,25). The lowest BCUT2D eigenvalue weighted by Crippen LogP contribution is -2.50. The van der Waals surface area contributed by atoms with Crippen LogP contribution in [0.2, 0.25) is 0 Å². The number of fused-ring (bicyclic) bond motifs is 1. The monoisotopic (exact) mass is 348 g/mol. The largest absolute Gasteiger partial charge is 0.338 e. The third kappa shape index (κ3) is 4.67.